The van der Waals surface area contributed by atoms with E-state index in [9.17, 15) is 4.79 Å². The van der Waals surface area contributed by atoms with Gasteiger partial charge >= 0.3 is 5.97 Å². The molecular formula is C22H23N5O2S. The molecule has 7 nitrogen and oxygen atoms in total. The number of nitrogens with one attached hydrogen (secondary N) is 1. The van der Waals surface area contributed by atoms with Crippen molar-refractivity contribution in [3.63, 3.8) is 0 Å². The number of carbonyl (C=O) groups is 1. The third kappa shape index (κ3) is 3.91. The Hall–Kier alpha value is -3.26. The van der Waals surface area contributed by atoms with Crippen LogP contribution in [0.15, 0.2) is 61.1 Å². The summed E-state index contributed by atoms with van der Waals surface area (Å²) in [4.78, 5) is 23.0. The first kappa shape index (κ1) is 20.0. The van der Waals surface area contributed by atoms with Gasteiger partial charge in [-0.1, -0.05) is 12.1 Å². The fourth-order valence-corrected chi connectivity index (χ4v) is 4.06. The number of hydrogen-bond acceptors (Lipinski definition) is 5. The van der Waals surface area contributed by atoms with Gasteiger partial charge in [-0.2, -0.15) is 0 Å². The van der Waals surface area contributed by atoms with E-state index < -0.39 is 0 Å². The van der Waals surface area contributed by atoms with Crippen LogP contribution in [-0.2, 0) is 9.53 Å². The van der Waals surface area contributed by atoms with Crippen LogP contribution in [0.5, 0.6) is 0 Å². The monoisotopic (exact) mass is 421 g/mol. The van der Waals surface area contributed by atoms with Crippen LogP contribution in [0.2, 0.25) is 0 Å². The van der Waals surface area contributed by atoms with Gasteiger partial charge in [-0.05, 0) is 55.0 Å². The van der Waals surface area contributed by atoms with Gasteiger partial charge in [-0.3, -0.25) is 9.78 Å². The van der Waals surface area contributed by atoms with Gasteiger partial charge in [0.15, 0.2) is 5.11 Å². The summed E-state index contributed by atoms with van der Waals surface area (Å²) < 4.78 is 6.89. The zero-order valence-corrected chi connectivity index (χ0v) is 17.7. The van der Waals surface area contributed by atoms with E-state index in [1.54, 1.807) is 6.20 Å². The highest BCUT2D eigenvalue weighted by atomic mass is 32.1. The van der Waals surface area contributed by atoms with Crippen molar-refractivity contribution in [1.82, 2.24) is 24.8 Å². The number of esters is 1. The van der Waals surface area contributed by atoms with Crippen LogP contribution >= 0.6 is 12.2 Å². The number of thiocarbonyl (C=S) groups is 1. The molecule has 4 rings (SSSR count). The van der Waals surface area contributed by atoms with Crippen molar-refractivity contribution in [2.45, 2.75) is 25.4 Å². The molecule has 2 unspecified atom stereocenters. The van der Waals surface area contributed by atoms with E-state index >= 15 is 0 Å². The van der Waals surface area contributed by atoms with E-state index in [0.717, 1.165) is 22.8 Å². The van der Waals surface area contributed by atoms with Crippen LogP contribution in [0.4, 0.5) is 0 Å². The zero-order chi connectivity index (χ0) is 21.1. The van der Waals surface area contributed by atoms with E-state index in [2.05, 4.69) is 25.9 Å². The summed E-state index contributed by atoms with van der Waals surface area (Å²) >= 11 is 5.64. The highest BCUT2D eigenvalue weighted by Gasteiger charge is 2.41. The van der Waals surface area contributed by atoms with Gasteiger partial charge < -0.3 is 19.5 Å². The Kier molecular flexibility index (Phi) is 5.76. The standard InChI is InChI=1S/C22H23N5O2S/c1-15-8-9-18(24-14-15)26-12-5-7-17(26)21-20(16-6-3-4-11-23-16)25-22(30)27(21)13-10-19(28)29-2/h3-9,11-12,14,20-21H,10,13H2,1-2H3,(H,25,30). The molecule has 1 saturated heterocycles. The molecule has 0 aromatic carbocycles. The molecule has 8 heteroatoms. The number of nitrogens with zero attached hydrogens (tertiary/aromatic N) is 4. The summed E-state index contributed by atoms with van der Waals surface area (Å²) in [6, 6.07) is 13.6. The van der Waals surface area contributed by atoms with Crippen LogP contribution in [-0.4, -0.2) is 44.2 Å². The van der Waals surface area contributed by atoms with Crippen molar-refractivity contribution in [2.75, 3.05) is 13.7 Å². The van der Waals surface area contributed by atoms with Crippen molar-refractivity contribution in [2.24, 2.45) is 0 Å². The summed E-state index contributed by atoms with van der Waals surface area (Å²) in [5, 5.41) is 3.98. The normalized spacial score (nSPS) is 18.3. The fraction of sp³-hybridized carbons (Fsp3) is 0.273. The van der Waals surface area contributed by atoms with Crippen LogP contribution in [0.3, 0.4) is 0 Å². The van der Waals surface area contributed by atoms with E-state index in [0.29, 0.717) is 11.7 Å². The molecule has 2 atom stereocenters. The molecule has 0 saturated carbocycles. The number of methoxy groups -OCH3 is 1. The molecule has 4 heterocycles. The van der Waals surface area contributed by atoms with E-state index in [1.807, 2.05) is 60.6 Å². The van der Waals surface area contributed by atoms with E-state index in [-0.39, 0.29) is 24.5 Å². The summed E-state index contributed by atoms with van der Waals surface area (Å²) in [7, 11) is 1.39. The number of pyridine rings is 2. The Labute approximate surface area is 180 Å². The Morgan fingerprint density at radius 3 is 2.77 bits per heavy atom. The van der Waals surface area contributed by atoms with E-state index in [4.69, 9.17) is 17.0 Å². The Morgan fingerprint density at radius 1 is 1.20 bits per heavy atom. The smallest absolute Gasteiger partial charge is 0.307 e. The van der Waals surface area contributed by atoms with Gasteiger partial charge in [0, 0.05) is 30.8 Å². The van der Waals surface area contributed by atoms with Crippen molar-refractivity contribution in [3.05, 3.63) is 78.0 Å². The number of aryl methyl sites for hydroxylation is 1. The molecule has 1 aliphatic rings. The minimum Gasteiger partial charge on any atom is -0.469 e. The molecule has 1 aliphatic heterocycles. The predicted molar refractivity (Wildman–Crippen MR) is 117 cm³/mol. The lowest BCUT2D eigenvalue weighted by molar-refractivity contribution is -0.140. The maximum atomic E-state index is 11.8. The summed E-state index contributed by atoms with van der Waals surface area (Å²) in [6.45, 7) is 2.46. The maximum Gasteiger partial charge on any atom is 0.307 e. The minimum absolute atomic E-state index is 0.157. The van der Waals surface area contributed by atoms with Gasteiger partial charge in [0.2, 0.25) is 0 Å². The topological polar surface area (TPSA) is 72.3 Å². The van der Waals surface area contributed by atoms with E-state index in [1.165, 1.54) is 7.11 Å². The van der Waals surface area contributed by atoms with Gasteiger partial charge in [0.05, 0.1) is 31.3 Å². The molecule has 0 spiro atoms. The number of carbonyl (C=O) groups excluding carboxylic acids is 1. The molecule has 0 aliphatic carbocycles. The molecule has 3 aromatic heterocycles. The zero-order valence-electron chi connectivity index (χ0n) is 16.9. The first-order valence-electron chi connectivity index (χ1n) is 9.73. The molecular weight excluding hydrogens is 398 g/mol. The van der Waals surface area contributed by atoms with Gasteiger partial charge in [0.25, 0.3) is 0 Å². The third-order valence-electron chi connectivity index (χ3n) is 5.21. The molecule has 0 amide bonds. The second-order valence-electron chi connectivity index (χ2n) is 7.14. The average molecular weight is 422 g/mol. The van der Waals surface area contributed by atoms with Crippen LogP contribution in [0.1, 0.15) is 35.5 Å². The van der Waals surface area contributed by atoms with Crippen molar-refractivity contribution < 1.29 is 9.53 Å². The summed E-state index contributed by atoms with van der Waals surface area (Å²) in [6.07, 6.45) is 5.85. The molecule has 30 heavy (non-hydrogen) atoms. The second-order valence-corrected chi connectivity index (χ2v) is 7.53. The molecule has 154 valence electrons. The largest absolute Gasteiger partial charge is 0.469 e. The first-order chi connectivity index (χ1) is 14.6. The highest BCUT2D eigenvalue weighted by Crippen LogP contribution is 2.39. The quantitative estimate of drug-likeness (QED) is 0.484. The first-order valence-corrected chi connectivity index (χ1v) is 10.1. The predicted octanol–water partition coefficient (Wildman–Crippen LogP) is 3.11. The Balaban J connectivity index is 1.75. The van der Waals surface area contributed by atoms with Gasteiger partial charge in [0.1, 0.15) is 5.82 Å². The van der Waals surface area contributed by atoms with Crippen LogP contribution in [0, 0.1) is 6.92 Å². The maximum absolute atomic E-state index is 11.8. The summed E-state index contributed by atoms with van der Waals surface area (Å²) in [5.41, 5.74) is 3.00. The Morgan fingerprint density at radius 2 is 2.07 bits per heavy atom. The van der Waals surface area contributed by atoms with Crippen molar-refractivity contribution in [1.29, 1.82) is 0 Å². The number of aromatic nitrogens is 3. The lowest BCUT2D eigenvalue weighted by Gasteiger charge is -2.28. The SMILES string of the molecule is COC(=O)CCN1C(=S)NC(c2ccccn2)C1c1cccn1-c1ccc(C)cn1. The highest BCUT2D eigenvalue weighted by molar-refractivity contribution is 7.80. The number of rotatable bonds is 6. The molecule has 0 radical (unpaired) electrons. The van der Waals surface area contributed by atoms with Gasteiger partial charge in [-0.15, -0.1) is 0 Å². The number of hydrogen-bond donors (Lipinski definition) is 1. The third-order valence-corrected chi connectivity index (χ3v) is 5.56. The molecule has 0 bridgehead atoms. The summed E-state index contributed by atoms with van der Waals surface area (Å²) in [5.74, 6) is 0.555. The molecule has 1 N–H and O–H groups in total. The van der Waals surface area contributed by atoms with Crippen LogP contribution < -0.4 is 5.32 Å². The molecule has 3 aromatic rings. The second kappa shape index (κ2) is 8.62. The van der Waals surface area contributed by atoms with Crippen molar-refractivity contribution >= 4 is 23.3 Å². The average Bonchev–Trinajstić information content (AvgIpc) is 3.37. The number of ether oxygens (including phenoxy) is 1. The lowest BCUT2D eigenvalue weighted by atomic mass is 10.0. The molecule has 1 fully saturated rings. The van der Waals surface area contributed by atoms with Crippen LogP contribution in [0.25, 0.3) is 5.82 Å². The Bertz CT molecular complexity index is 1040. The van der Waals surface area contributed by atoms with Crippen molar-refractivity contribution in [3.8, 4) is 5.82 Å². The lowest BCUT2D eigenvalue weighted by Crippen LogP contribution is -2.32. The fourth-order valence-electron chi connectivity index (χ4n) is 3.73. The van der Waals surface area contributed by atoms with Gasteiger partial charge in [-0.25, -0.2) is 4.98 Å². The minimum atomic E-state index is -0.270.